The standard InChI is InChI=1S/C13H14ClNO/c14-10-1-4-13-9(7-10)8-12(16-13)5-6-15-11-2-3-11/h1,4,7-8,11,15H,2-3,5-6H2. The van der Waals surface area contributed by atoms with Crippen LogP contribution in [-0.2, 0) is 6.42 Å². The van der Waals surface area contributed by atoms with Gasteiger partial charge in [-0.1, -0.05) is 11.6 Å². The molecule has 3 heteroatoms. The van der Waals surface area contributed by atoms with E-state index in [0.717, 1.165) is 40.8 Å². The van der Waals surface area contributed by atoms with Crippen LogP contribution in [0.1, 0.15) is 18.6 Å². The van der Waals surface area contributed by atoms with Gasteiger partial charge in [-0.25, -0.2) is 0 Å². The van der Waals surface area contributed by atoms with Crippen LogP contribution in [0.2, 0.25) is 5.02 Å². The SMILES string of the molecule is Clc1ccc2oc(CCNC3CC3)cc2c1. The summed E-state index contributed by atoms with van der Waals surface area (Å²) >= 11 is 5.93. The Morgan fingerprint density at radius 3 is 3.00 bits per heavy atom. The van der Waals surface area contributed by atoms with E-state index in [1.165, 1.54) is 12.8 Å². The summed E-state index contributed by atoms with van der Waals surface area (Å²) in [7, 11) is 0. The Kier molecular flexibility index (Phi) is 2.62. The molecule has 0 spiro atoms. The third-order valence-corrected chi connectivity index (χ3v) is 3.15. The smallest absolute Gasteiger partial charge is 0.134 e. The number of hydrogen-bond donors (Lipinski definition) is 1. The van der Waals surface area contributed by atoms with Gasteiger partial charge in [0.25, 0.3) is 0 Å². The minimum Gasteiger partial charge on any atom is -0.461 e. The van der Waals surface area contributed by atoms with Crippen LogP contribution in [0, 0.1) is 0 Å². The molecular formula is C13H14ClNO. The van der Waals surface area contributed by atoms with Crippen molar-refractivity contribution in [1.29, 1.82) is 0 Å². The van der Waals surface area contributed by atoms with E-state index in [0.29, 0.717) is 0 Å². The van der Waals surface area contributed by atoms with Crippen LogP contribution in [0.15, 0.2) is 28.7 Å². The number of fused-ring (bicyclic) bond motifs is 1. The molecule has 1 N–H and O–H groups in total. The third kappa shape index (κ3) is 2.23. The fourth-order valence-electron chi connectivity index (χ4n) is 1.88. The summed E-state index contributed by atoms with van der Waals surface area (Å²) in [6.45, 7) is 0.998. The average Bonchev–Trinajstić information content (AvgIpc) is 2.98. The van der Waals surface area contributed by atoms with Crippen molar-refractivity contribution in [3.05, 3.63) is 35.0 Å². The molecule has 1 aliphatic rings. The molecule has 0 radical (unpaired) electrons. The summed E-state index contributed by atoms with van der Waals surface area (Å²) in [6, 6.07) is 8.57. The zero-order valence-corrected chi connectivity index (χ0v) is 9.76. The van der Waals surface area contributed by atoms with E-state index in [4.69, 9.17) is 16.0 Å². The molecule has 1 fully saturated rings. The predicted octanol–water partition coefficient (Wildman–Crippen LogP) is 3.38. The van der Waals surface area contributed by atoms with Crippen molar-refractivity contribution >= 4 is 22.6 Å². The number of furan rings is 1. The van der Waals surface area contributed by atoms with Crippen LogP contribution in [0.5, 0.6) is 0 Å². The maximum atomic E-state index is 5.93. The largest absolute Gasteiger partial charge is 0.461 e. The molecule has 0 aliphatic heterocycles. The van der Waals surface area contributed by atoms with Gasteiger partial charge in [0.05, 0.1) is 0 Å². The minimum absolute atomic E-state index is 0.760. The van der Waals surface area contributed by atoms with Crippen LogP contribution in [0.25, 0.3) is 11.0 Å². The fraction of sp³-hybridized carbons (Fsp3) is 0.385. The lowest BCUT2D eigenvalue weighted by Crippen LogP contribution is -2.18. The van der Waals surface area contributed by atoms with Gasteiger partial charge in [0.2, 0.25) is 0 Å². The van der Waals surface area contributed by atoms with Crippen LogP contribution in [-0.4, -0.2) is 12.6 Å². The third-order valence-electron chi connectivity index (χ3n) is 2.91. The van der Waals surface area contributed by atoms with Gasteiger partial charge in [-0.3, -0.25) is 0 Å². The Hall–Kier alpha value is -0.990. The Balaban J connectivity index is 1.71. The molecule has 1 aliphatic carbocycles. The molecule has 1 saturated carbocycles. The molecule has 2 nitrogen and oxygen atoms in total. The summed E-state index contributed by atoms with van der Waals surface area (Å²) in [5.41, 5.74) is 0.922. The predicted molar refractivity (Wildman–Crippen MR) is 66.0 cm³/mol. The van der Waals surface area contributed by atoms with Crippen molar-refractivity contribution in [1.82, 2.24) is 5.32 Å². The van der Waals surface area contributed by atoms with Crippen molar-refractivity contribution in [3.63, 3.8) is 0 Å². The molecule has 1 heterocycles. The molecule has 1 aromatic carbocycles. The molecule has 0 atom stereocenters. The van der Waals surface area contributed by atoms with Crippen molar-refractivity contribution in [3.8, 4) is 0 Å². The second kappa shape index (κ2) is 4.11. The first-order chi connectivity index (χ1) is 7.81. The van der Waals surface area contributed by atoms with Gasteiger partial charge in [-0.05, 0) is 37.1 Å². The zero-order chi connectivity index (χ0) is 11.0. The molecule has 84 valence electrons. The average molecular weight is 236 g/mol. The van der Waals surface area contributed by atoms with E-state index < -0.39 is 0 Å². The van der Waals surface area contributed by atoms with E-state index in [-0.39, 0.29) is 0 Å². The first-order valence-electron chi connectivity index (χ1n) is 5.72. The van der Waals surface area contributed by atoms with Gasteiger partial charge in [0, 0.05) is 29.4 Å². The Morgan fingerprint density at radius 1 is 1.31 bits per heavy atom. The summed E-state index contributed by atoms with van der Waals surface area (Å²) in [4.78, 5) is 0. The molecule has 1 aromatic heterocycles. The number of halogens is 1. The number of nitrogens with one attached hydrogen (secondary N) is 1. The molecule has 0 saturated heterocycles. The van der Waals surface area contributed by atoms with E-state index in [9.17, 15) is 0 Å². The van der Waals surface area contributed by atoms with E-state index in [1.807, 2.05) is 18.2 Å². The van der Waals surface area contributed by atoms with Crippen LogP contribution < -0.4 is 5.32 Å². The van der Waals surface area contributed by atoms with Gasteiger partial charge >= 0.3 is 0 Å². The van der Waals surface area contributed by atoms with Crippen LogP contribution in [0.4, 0.5) is 0 Å². The Labute approximate surface area is 99.6 Å². The molecule has 3 rings (SSSR count). The second-order valence-electron chi connectivity index (χ2n) is 4.37. The maximum Gasteiger partial charge on any atom is 0.134 e. The van der Waals surface area contributed by atoms with Gasteiger partial charge in [0.1, 0.15) is 11.3 Å². The first-order valence-corrected chi connectivity index (χ1v) is 6.10. The molecule has 2 aromatic rings. The Bertz CT molecular complexity index is 502. The minimum atomic E-state index is 0.760. The summed E-state index contributed by atoms with van der Waals surface area (Å²) < 4.78 is 5.73. The highest BCUT2D eigenvalue weighted by Crippen LogP contribution is 2.23. The van der Waals surface area contributed by atoms with Crippen molar-refractivity contribution in [2.24, 2.45) is 0 Å². The monoisotopic (exact) mass is 235 g/mol. The number of benzene rings is 1. The van der Waals surface area contributed by atoms with E-state index >= 15 is 0 Å². The van der Waals surface area contributed by atoms with Gasteiger partial charge < -0.3 is 9.73 Å². The lowest BCUT2D eigenvalue weighted by Gasteiger charge is -1.98. The first kappa shape index (κ1) is 10.2. The van der Waals surface area contributed by atoms with Crippen LogP contribution >= 0.6 is 11.6 Å². The molecular weight excluding hydrogens is 222 g/mol. The summed E-state index contributed by atoms with van der Waals surface area (Å²) in [5.74, 6) is 1.03. The van der Waals surface area contributed by atoms with Gasteiger partial charge in [-0.2, -0.15) is 0 Å². The highest BCUT2D eigenvalue weighted by molar-refractivity contribution is 6.31. The van der Waals surface area contributed by atoms with Gasteiger partial charge in [-0.15, -0.1) is 0 Å². The summed E-state index contributed by atoms with van der Waals surface area (Å²) in [5, 5.41) is 5.33. The highest BCUT2D eigenvalue weighted by Gasteiger charge is 2.19. The normalized spacial score (nSPS) is 15.8. The van der Waals surface area contributed by atoms with Crippen molar-refractivity contribution < 1.29 is 4.42 Å². The number of hydrogen-bond acceptors (Lipinski definition) is 2. The molecule has 16 heavy (non-hydrogen) atoms. The Morgan fingerprint density at radius 2 is 2.19 bits per heavy atom. The quantitative estimate of drug-likeness (QED) is 0.879. The lowest BCUT2D eigenvalue weighted by molar-refractivity contribution is 0.532. The molecule has 0 bridgehead atoms. The fourth-order valence-corrected chi connectivity index (χ4v) is 2.06. The van der Waals surface area contributed by atoms with E-state index in [1.54, 1.807) is 0 Å². The van der Waals surface area contributed by atoms with E-state index in [2.05, 4.69) is 11.4 Å². The lowest BCUT2D eigenvalue weighted by atomic mass is 10.2. The van der Waals surface area contributed by atoms with Gasteiger partial charge in [0.15, 0.2) is 0 Å². The zero-order valence-electron chi connectivity index (χ0n) is 9.00. The molecule has 0 unspecified atom stereocenters. The van der Waals surface area contributed by atoms with Crippen LogP contribution in [0.3, 0.4) is 0 Å². The molecule has 0 amide bonds. The highest BCUT2D eigenvalue weighted by atomic mass is 35.5. The summed E-state index contributed by atoms with van der Waals surface area (Å²) in [6.07, 6.45) is 3.61. The van der Waals surface area contributed by atoms with Crippen molar-refractivity contribution in [2.75, 3.05) is 6.54 Å². The maximum absolute atomic E-state index is 5.93. The second-order valence-corrected chi connectivity index (χ2v) is 4.81. The van der Waals surface area contributed by atoms with Crippen molar-refractivity contribution in [2.45, 2.75) is 25.3 Å². The topological polar surface area (TPSA) is 25.2 Å². The number of rotatable bonds is 4.